The molecule has 0 amide bonds. The molecule has 11 heteroatoms. The molecule has 2 heterocycles. The van der Waals surface area contributed by atoms with Gasteiger partial charge in [0.1, 0.15) is 16.6 Å². The van der Waals surface area contributed by atoms with Crippen molar-refractivity contribution < 1.29 is 18.3 Å². The maximum atomic E-state index is 12.5. The van der Waals surface area contributed by atoms with E-state index in [4.69, 9.17) is 0 Å². The molecule has 0 saturated carbocycles. The van der Waals surface area contributed by atoms with Crippen LogP contribution in [0.15, 0.2) is 26.7 Å². The number of carbonyl (C=O) groups is 1. The summed E-state index contributed by atoms with van der Waals surface area (Å²) in [5, 5.41) is 9.14. The number of carboxylic acid groups (broad SMARTS) is 1. The highest BCUT2D eigenvalue weighted by atomic mass is 32.2. The molecule has 0 saturated heterocycles. The summed E-state index contributed by atoms with van der Waals surface area (Å²) in [6.07, 6.45) is 1.43. The van der Waals surface area contributed by atoms with Crippen LogP contribution >= 0.6 is 0 Å². The highest BCUT2D eigenvalue weighted by Crippen LogP contribution is 2.16. The fourth-order valence-electron chi connectivity index (χ4n) is 2.25. The first-order valence-electron chi connectivity index (χ1n) is 7.42. The van der Waals surface area contributed by atoms with Crippen LogP contribution in [0.3, 0.4) is 0 Å². The summed E-state index contributed by atoms with van der Waals surface area (Å²) in [6.45, 7) is 3.35. The number of rotatable bonds is 6. The van der Waals surface area contributed by atoms with Crippen molar-refractivity contribution in [3.63, 3.8) is 0 Å². The molecule has 0 aliphatic carbocycles. The van der Waals surface area contributed by atoms with Crippen LogP contribution in [0.4, 0.5) is 0 Å². The molecule has 2 rings (SSSR count). The molecule has 0 aromatic carbocycles. The van der Waals surface area contributed by atoms with Gasteiger partial charge < -0.3 is 5.11 Å². The lowest BCUT2D eigenvalue weighted by molar-refractivity contribution is -0.140. The number of fused-ring (bicyclic) bond motifs is 1. The first-order valence-corrected chi connectivity index (χ1v) is 8.91. The van der Waals surface area contributed by atoms with E-state index in [1.165, 1.54) is 7.05 Å². The predicted molar refractivity (Wildman–Crippen MR) is 88.8 cm³/mol. The van der Waals surface area contributed by atoms with Crippen molar-refractivity contribution in [1.82, 2.24) is 19.3 Å². The molecule has 2 aromatic heterocycles. The minimum atomic E-state index is -4.22. The summed E-state index contributed by atoms with van der Waals surface area (Å²) >= 11 is 0. The van der Waals surface area contributed by atoms with E-state index in [9.17, 15) is 27.9 Å². The molecule has 0 aliphatic rings. The van der Waals surface area contributed by atoms with E-state index in [0.29, 0.717) is 6.42 Å². The molecular weight excluding hydrogens is 352 g/mol. The number of nitrogens with one attached hydrogen (secondary N) is 2. The van der Waals surface area contributed by atoms with E-state index in [1.54, 1.807) is 13.8 Å². The number of hydrogen-bond donors (Lipinski definition) is 3. The Bertz CT molecular complexity index is 1040. The van der Waals surface area contributed by atoms with Gasteiger partial charge in [-0.05, 0) is 12.0 Å². The van der Waals surface area contributed by atoms with Crippen molar-refractivity contribution in [2.75, 3.05) is 0 Å². The van der Waals surface area contributed by atoms with Gasteiger partial charge in [0.2, 0.25) is 10.0 Å². The number of aryl methyl sites for hydroxylation is 1. The highest BCUT2D eigenvalue weighted by Gasteiger charge is 2.29. The van der Waals surface area contributed by atoms with E-state index in [1.807, 2.05) is 4.98 Å². The second-order valence-electron chi connectivity index (χ2n) is 5.68. The van der Waals surface area contributed by atoms with Crippen LogP contribution in [-0.4, -0.2) is 40.1 Å². The third kappa shape index (κ3) is 3.61. The summed E-state index contributed by atoms with van der Waals surface area (Å²) in [5.74, 6) is -1.74. The summed E-state index contributed by atoms with van der Waals surface area (Å²) in [5.41, 5.74) is -1.44. The molecule has 0 fully saturated rings. The molecule has 0 radical (unpaired) electrons. The van der Waals surface area contributed by atoms with Gasteiger partial charge in [-0.25, -0.2) is 18.2 Å². The normalized spacial score (nSPS) is 14.4. The Balaban J connectivity index is 2.55. The van der Waals surface area contributed by atoms with Gasteiger partial charge in [-0.1, -0.05) is 20.3 Å². The van der Waals surface area contributed by atoms with Crippen molar-refractivity contribution in [2.24, 2.45) is 13.0 Å². The zero-order valence-electron chi connectivity index (χ0n) is 13.8. The topological polar surface area (TPSA) is 151 Å². The summed E-state index contributed by atoms with van der Waals surface area (Å²) in [7, 11) is -2.85. The summed E-state index contributed by atoms with van der Waals surface area (Å²) in [6, 6.07) is -0.262. The smallest absolute Gasteiger partial charge is 0.329 e. The fraction of sp³-hybridized carbons (Fsp3) is 0.429. The van der Waals surface area contributed by atoms with Gasteiger partial charge in [0.15, 0.2) is 0 Å². The lowest BCUT2D eigenvalue weighted by Gasteiger charge is -2.20. The number of aromatic amines is 1. The molecule has 0 spiro atoms. The number of H-pyrrole nitrogens is 1. The Hall–Kier alpha value is -2.53. The minimum Gasteiger partial charge on any atom is -0.480 e. The van der Waals surface area contributed by atoms with Crippen LogP contribution in [0.2, 0.25) is 0 Å². The average Bonchev–Trinajstić information content (AvgIpc) is 2.56. The number of pyridine rings is 1. The lowest BCUT2D eigenvalue weighted by Crippen LogP contribution is -2.45. The fourth-order valence-corrected chi connectivity index (χ4v) is 3.51. The van der Waals surface area contributed by atoms with Gasteiger partial charge in [0.05, 0.1) is 5.39 Å². The molecule has 0 unspecified atom stereocenters. The van der Waals surface area contributed by atoms with Crippen molar-refractivity contribution in [1.29, 1.82) is 0 Å². The molecule has 10 nitrogen and oxygen atoms in total. The van der Waals surface area contributed by atoms with Crippen molar-refractivity contribution in [3.8, 4) is 0 Å². The van der Waals surface area contributed by atoms with Crippen LogP contribution in [0.5, 0.6) is 0 Å². The lowest BCUT2D eigenvalue weighted by atomic mass is 10.0. The molecule has 0 bridgehead atoms. The first-order chi connectivity index (χ1) is 11.6. The van der Waals surface area contributed by atoms with Gasteiger partial charge >= 0.3 is 11.7 Å². The number of hydrogen-bond acceptors (Lipinski definition) is 6. The SMILES string of the molecule is CC[C@H](C)[C@H](NS(=O)(=O)c1cnc2c(c1)c(=O)[nH]c(=O)n2C)C(=O)O. The molecule has 136 valence electrons. The van der Waals surface area contributed by atoms with Crippen LogP contribution < -0.4 is 16.0 Å². The zero-order chi connectivity index (χ0) is 18.9. The summed E-state index contributed by atoms with van der Waals surface area (Å²) in [4.78, 5) is 40.3. The highest BCUT2D eigenvalue weighted by molar-refractivity contribution is 7.89. The molecule has 2 aromatic rings. The molecule has 0 aliphatic heterocycles. The van der Waals surface area contributed by atoms with E-state index >= 15 is 0 Å². The third-order valence-electron chi connectivity index (χ3n) is 4.00. The van der Waals surface area contributed by atoms with E-state index in [2.05, 4.69) is 9.71 Å². The average molecular weight is 370 g/mol. The first kappa shape index (κ1) is 18.8. The van der Waals surface area contributed by atoms with Crippen molar-refractivity contribution in [3.05, 3.63) is 33.1 Å². The second-order valence-corrected chi connectivity index (χ2v) is 7.40. The van der Waals surface area contributed by atoms with Gasteiger partial charge in [-0.3, -0.25) is 19.1 Å². The van der Waals surface area contributed by atoms with Gasteiger partial charge in [-0.2, -0.15) is 4.72 Å². The Kier molecular flexibility index (Phi) is 5.09. The van der Waals surface area contributed by atoms with Crippen LogP contribution in [0.25, 0.3) is 11.0 Å². The Morgan fingerprint density at radius 2 is 2.08 bits per heavy atom. The third-order valence-corrected chi connectivity index (χ3v) is 5.41. The van der Waals surface area contributed by atoms with Gasteiger partial charge in [0.25, 0.3) is 5.56 Å². The van der Waals surface area contributed by atoms with E-state index in [-0.39, 0.29) is 15.9 Å². The van der Waals surface area contributed by atoms with E-state index < -0.39 is 39.2 Å². The minimum absolute atomic E-state index is 0.0180. The number of carboxylic acids is 1. The quantitative estimate of drug-likeness (QED) is 0.614. The monoisotopic (exact) mass is 370 g/mol. The zero-order valence-corrected chi connectivity index (χ0v) is 14.6. The number of nitrogens with zero attached hydrogens (tertiary/aromatic N) is 2. The maximum Gasteiger partial charge on any atom is 0.329 e. The molecular formula is C14H18N4O6S. The number of aromatic nitrogens is 3. The van der Waals surface area contributed by atoms with Gasteiger partial charge in [-0.15, -0.1) is 0 Å². The Labute approximate surface area is 142 Å². The Morgan fingerprint density at radius 1 is 1.44 bits per heavy atom. The largest absolute Gasteiger partial charge is 0.480 e. The van der Waals surface area contributed by atoms with Gasteiger partial charge in [0, 0.05) is 13.2 Å². The van der Waals surface area contributed by atoms with Crippen LogP contribution in [0.1, 0.15) is 20.3 Å². The standard InChI is InChI=1S/C14H18N4O6S/c1-4-7(2)10(13(20)21)17-25(23,24)8-5-9-11(15-6-8)18(3)14(22)16-12(9)19/h5-7,10,17H,4H2,1-3H3,(H,20,21)(H,16,19,22)/t7-,10-/m0/s1. The number of aliphatic carboxylic acids is 1. The second kappa shape index (κ2) is 6.76. The molecule has 25 heavy (non-hydrogen) atoms. The van der Waals surface area contributed by atoms with Crippen molar-refractivity contribution >= 4 is 27.0 Å². The van der Waals surface area contributed by atoms with E-state index in [0.717, 1.165) is 16.8 Å². The number of sulfonamides is 1. The van der Waals surface area contributed by atoms with Crippen molar-refractivity contribution in [2.45, 2.75) is 31.2 Å². The van der Waals surface area contributed by atoms with Crippen LogP contribution in [0, 0.1) is 5.92 Å². The maximum absolute atomic E-state index is 12.5. The Morgan fingerprint density at radius 3 is 2.64 bits per heavy atom. The molecule has 2 atom stereocenters. The predicted octanol–water partition coefficient (Wildman–Crippen LogP) is -0.601. The molecule has 3 N–H and O–H groups in total. The summed E-state index contributed by atoms with van der Waals surface area (Å²) < 4.78 is 28.1. The van der Waals surface area contributed by atoms with Crippen LogP contribution in [-0.2, 0) is 21.9 Å².